The summed E-state index contributed by atoms with van der Waals surface area (Å²) in [5.41, 5.74) is 3.15. The van der Waals surface area contributed by atoms with Crippen molar-refractivity contribution in [2.24, 2.45) is 0 Å². The largest absolute Gasteiger partial charge is 0.378 e. The molecular formula is C14H15N5OS2. The van der Waals surface area contributed by atoms with Gasteiger partial charge in [-0.25, -0.2) is 15.0 Å². The van der Waals surface area contributed by atoms with E-state index in [1.807, 2.05) is 0 Å². The van der Waals surface area contributed by atoms with Gasteiger partial charge in [0, 0.05) is 35.7 Å². The van der Waals surface area contributed by atoms with Crippen LogP contribution in [0.1, 0.15) is 5.69 Å². The highest BCUT2D eigenvalue weighted by Gasteiger charge is 2.13. The van der Waals surface area contributed by atoms with Crippen molar-refractivity contribution < 1.29 is 4.74 Å². The first-order chi connectivity index (χ1) is 10.9. The molecule has 0 saturated carbocycles. The fourth-order valence-corrected chi connectivity index (χ4v) is 3.84. The van der Waals surface area contributed by atoms with Crippen LogP contribution in [-0.4, -0.2) is 46.2 Å². The molecule has 0 aliphatic carbocycles. The fraction of sp³-hybridized carbons (Fsp3) is 0.357. The normalized spacial score (nSPS) is 15.5. The van der Waals surface area contributed by atoms with Crippen molar-refractivity contribution >= 4 is 39.9 Å². The van der Waals surface area contributed by atoms with E-state index in [4.69, 9.17) is 4.74 Å². The Bertz CT molecular complexity index is 737. The van der Waals surface area contributed by atoms with Crippen LogP contribution in [0.5, 0.6) is 0 Å². The van der Waals surface area contributed by atoms with E-state index in [1.54, 1.807) is 29.4 Å². The number of morpholine rings is 1. The number of anilines is 1. The maximum atomic E-state index is 5.38. The van der Waals surface area contributed by atoms with Crippen molar-refractivity contribution in [3.8, 4) is 0 Å². The third-order valence-electron chi connectivity index (χ3n) is 3.51. The third kappa shape index (κ3) is 2.94. The van der Waals surface area contributed by atoms with Crippen LogP contribution in [0.4, 0.5) is 5.82 Å². The Morgan fingerprint density at radius 2 is 2.18 bits per heavy atom. The van der Waals surface area contributed by atoms with Gasteiger partial charge in [0.25, 0.3) is 0 Å². The highest BCUT2D eigenvalue weighted by Crippen LogP contribution is 2.25. The summed E-state index contributed by atoms with van der Waals surface area (Å²) >= 11 is 3.32. The minimum Gasteiger partial charge on any atom is -0.378 e. The first kappa shape index (κ1) is 14.0. The van der Waals surface area contributed by atoms with Crippen molar-refractivity contribution in [2.45, 2.75) is 10.9 Å². The molecule has 0 amide bonds. The summed E-state index contributed by atoms with van der Waals surface area (Å²) in [6.07, 6.45) is 1.64. The Morgan fingerprint density at radius 1 is 1.27 bits per heavy atom. The van der Waals surface area contributed by atoms with Gasteiger partial charge in [-0.1, -0.05) is 11.8 Å². The number of nitrogens with one attached hydrogen (secondary N) is 1. The lowest BCUT2D eigenvalue weighted by molar-refractivity contribution is 0.122. The van der Waals surface area contributed by atoms with E-state index in [2.05, 4.69) is 41.7 Å². The molecule has 4 heterocycles. The summed E-state index contributed by atoms with van der Waals surface area (Å²) in [6, 6.07) is 2.06. The number of H-pyrrole nitrogens is 1. The van der Waals surface area contributed by atoms with Crippen LogP contribution in [0.3, 0.4) is 0 Å². The molecule has 4 rings (SSSR count). The molecule has 0 bridgehead atoms. The van der Waals surface area contributed by atoms with Gasteiger partial charge in [0.2, 0.25) is 0 Å². The average Bonchev–Trinajstić information content (AvgIpc) is 3.15. The Labute approximate surface area is 135 Å². The predicted molar refractivity (Wildman–Crippen MR) is 88.6 cm³/mol. The minimum atomic E-state index is 0.761. The summed E-state index contributed by atoms with van der Waals surface area (Å²) in [6.45, 7) is 3.30. The molecule has 3 aromatic rings. The lowest BCUT2D eigenvalue weighted by Gasteiger charge is -2.27. The van der Waals surface area contributed by atoms with E-state index < -0.39 is 0 Å². The monoisotopic (exact) mass is 333 g/mol. The maximum absolute atomic E-state index is 5.38. The molecule has 0 unspecified atom stereocenters. The molecule has 114 valence electrons. The van der Waals surface area contributed by atoms with Crippen LogP contribution in [0.25, 0.3) is 11.0 Å². The molecule has 0 radical (unpaired) electrons. The van der Waals surface area contributed by atoms with Crippen LogP contribution in [0, 0.1) is 0 Å². The summed E-state index contributed by atoms with van der Waals surface area (Å²) in [5, 5.41) is 5.06. The smallest absolute Gasteiger partial charge is 0.166 e. The summed E-state index contributed by atoms with van der Waals surface area (Å²) in [4.78, 5) is 18.8. The number of hydrogen-bond acceptors (Lipinski definition) is 7. The van der Waals surface area contributed by atoms with Crippen molar-refractivity contribution in [1.82, 2.24) is 19.9 Å². The molecule has 1 fully saturated rings. The Kier molecular flexibility index (Phi) is 3.96. The van der Waals surface area contributed by atoms with Gasteiger partial charge in [0.1, 0.15) is 17.7 Å². The van der Waals surface area contributed by atoms with Gasteiger partial charge in [0.05, 0.1) is 24.4 Å². The van der Waals surface area contributed by atoms with Crippen LogP contribution < -0.4 is 4.90 Å². The number of fused-ring (bicyclic) bond motifs is 1. The van der Waals surface area contributed by atoms with E-state index in [0.717, 1.165) is 59.8 Å². The zero-order valence-electron chi connectivity index (χ0n) is 11.9. The molecule has 8 heteroatoms. The van der Waals surface area contributed by atoms with E-state index in [1.165, 1.54) is 0 Å². The zero-order chi connectivity index (χ0) is 14.8. The van der Waals surface area contributed by atoms with Crippen molar-refractivity contribution in [1.29, 1.82) is 0 Å². The Hall–Kier alpha value is -1.64. The van der Waals surface area contributed by atoms with Crippen molar-refractivity contribution in [3.05, 3.63) is 28.8 Å². The Morgan fingerprint density at radius 3 is 3.05 bits per heavy atom. The van der Waals surface area contributed by atoms with Crippen LogP contribution in [0.2, 0.25) is 0 Å². The molecule has 6 nitrogen and oxygen atoms in total. The molecule has 1 aliphatic rings. The van der Waals surface area contributed by atoms with Gasteiger partial charge >= 0.3 is 0 Å². The maximum Gasteiger partial charge on any atom is 0.166 e. The number of ether oxygens (including phenoxy) is 1. The highest BCUT2D eigenvalue weighted by molar-refractivity contribution is 7.98. The van der Waals surface area contributed by atoms with Gasteiger partial charge in [-0.3, -0.25) is 0 Å². The fourth-order valence-electron chi connectivity index (χ4n) is 2.36. The lowest BCUT2D eigenvalue weighted by atomic mass is 10.3. The van der Waals surface area contributed by atoms with E-state index in [9.17, 15) is 0 Å². The first-order valence-corrected chi connectivity index (χ1v) is 9.00. The van der Waals surface area contributed by atoms with Gasteiger partial charge in [0.15, 0.2) is 5.16 Å². The number of rotatable bonds is 4. The second kappa shape index (κ2) is 6.23. The second-order valence-corrected chi connectivity index (χ2v) is 6.68. The molecule has 22 heavy (non-hydrogen) atoms. The average molecular weight is 333 g/mol. The summed E-state index contributed by atoms with van der Waals surface area (Å²) in [7, 11) is 0. The number of imidazole rings is 1. The highest BCUT2D eigenvalue weighted by atomic mass is 32.2. The van der Waals surface area contributed by atoms with Gasteiger partial charge < -0.3 is 14.6 Å². The molecule has 3 aromatic heterocycles. The van der Waals surface area contributed by atoms with Crippen molar-refractivity contribution in [3.63, 3.8) is 0 Å². The first-order valence-electron chi connectivity index (χ1n) is 7.07. The minimum absolute atomic E-state index is 0.761. The third-order valence-corrected chi connectivity index (χ3v) is 5.14. The zero-order valence-corrected chi connectivity index (χ0v) is 13.5. The van der Waals surface area contributed by atoms with E-state index in [-0.39, 0.29) is 0 Å². The summed E-state index contributed by atoms with van der Waals surface area (Å²) < 4.78 is 5.38. The lowest BCUT2D eigenvalue weighted by Crippen LogP contribution is -2.36. The van der Waals surface area contributed by atoms with Crippen LogP contribution in [0.15, 0.2) is 28.3 Å². The topological polar surface area (TPSA) is 66.9 Å². The summed E-state index contributed by atoms with van der Waals surface area (Å²) in [5.74, 6) is 1.76. The molecule has 0 aromatic carbocycles. The molecule has 1 N–H and O–H groups in total. The standard InChI is InChI=1S/C14H15N5OS2/c1-3-20-4-2-19(1)13-5-10(15-9-16-13)6-22-14-17-11-7-21-8-12(11)18-14/h5,7-9H,1-4,6H2,(H,17,18). The number of thioether (sulfide) groups is 1. The second-order valence-electron chi connectivity index (χ2n) is 4.97. The van der Waals surface area contributed by atoms with Crippen LogP contribution in [-0.2, 0) is 10.5 Å². The number of nitrogens with zero attached hydrogens (tertiary/aromatic N) is 4. The van der Waals surface area contributed by atoms with E-state index >= 15 is 0 Å². The number of aromatic amines is 1. The molecule has 0 spiro atoms. The molecule has 1 saturated heterocycles. The van der Waals surface area contributed by atoms with E-state index in [0.29, 0.717) is 0 Å². The predicted octanol–water partition coefficient (Wildman–Crippen LogP) is 2.54. The number of thiophene rings is 1. The van der Waals surface area contributed by atoms with Gasteiger partial charge in [-0.15, -0.1) is 11.3 Å². The molecular weight excluding hydrogens is 318 g/mol. The van der Waals surface area contributed by atoms with Gasteiger partial charge in [-0.05, 0) is 0 Å². The Balaban J connectivity index is 1.44. The number of aromatic nitrogens is 4. The number of hydrogen-bond donors (Lipinski definition) is 1. The molecule has 1 aliphatic heterocycles. The quantitative estimate of drug-likeness (QED) is 0.740. The van der Waals surface area contributed by atoms with Gasteiger partial charge in [-0.2, -0.15) is 0 Å². The van der Waals surface area contributed by atoms with Crippen LogP contribution >= 0.6 is 23.1 Å². The SMILES string of the molecule is c1nc(CSc2nc3cscc3[nH]2)cc(N2CCOCC2)n1. The molecule has 0 atom stereocenters. The van der Waals surface area contributed by atoms with Crippen molar-refractivity contribution in [2.75, 3.05) is 31.2 Å².